The maximum atomic E-state index is 13.5. The van der Waals surface area contributed by atoms with Crippen LogP contribution in [0, 0.1) is 13.8 Å². The first-order chi connectivity index (χ1) is 15.1. The van der Waals surface area contributed by atoms with Gasteiger partial charge >= 0.3 is 0 Å². The number of likely N-dealkylation sites (tertiary alicyclic amines) is 1. The fourth-order valence-corrected chi connectivity index (χ4v) is 4.61. The Morgan fingerprint density at radius 3 is 2.42 bits per heavy atom. The van der Waals surface area contributed by atoms with Gasteiger partial charge in [-0.05, 0) is 68.5 Å². The molecule has 0 unspecified atom stereocenters. The van der Waals surface area contributed by atoms with E-state index < -0.39 is 0 Å². The summed E-state index contributed by atoms with van der Waals surface area (Å²) in [7, 11) is 0. The molecule has 2 atom stereocenters. The van der Waals surface area contributed by atoms with Crippen LogP contribution in [0.3, 0.4) is 0 Å². The van der Waals surface area contributed by atoms with Gasteiger partial charge in [-0.3, -0.25) is 9.78 Å². The molecule has 0 saturated carbocycles. The normalized spacial score (nSPS) is 18.7. The molecule has 1 fully saturated rings. The summed E-state index contributed by atoms with van der Waals surface area (Å²) in [6.07, 6.45) is 6.47. The van der Waals surface area contributed by atoms with Crippen LogP contribution in [0.4, 0.5) is 0 Å². The quantitative estimate of drug-likeness (QED) is 0.637. The van der Waals surface area contributed by atoms with Crippen LogP contribution in [0.25, 0.3) is 0 Å². The largest absolute Gasteiger partial charge is 0.335 e. The van der Waals surface area contributed by atoms with E-state index in [9.17, 15) is 4.79 Å². The molecule has 1 aromatic heterocycles. The molecule has 160 valence electrons. The van der Waals surface area contributed by atoms with Crippen LogP contribution in [-0.2, 0) is 13.0 Å². The van der Waals surface area contributed by atoms with Gasteiger partial charge in [-0.15, -0.1) is 0 Å². The summed E-state index contributed by atoms with van der Waals surface area (Å²) in [4.78, 5) is 19.7. The number of hydrogen-bond donors (Lipinski definition) is 1. The molecule has 4 nitrogen and oxygen atoms in total. The zero-order chi connectivity index (χ0) is 21.6. The zero-order valence-electron chi connectivity index (χ0n) is 18.4. The molecular weight excluding hydrogens is 382 g/mol. The minimum absolute atomic E-state index is 0.153. The maximum Gasteiger partial charge on any atom is 0.254 e. The van der Waals surface area contributed by atoms with Crippen molar-refractivity contribution in [1.29, 1.82) is 0 Å². The minimum atomic E-state index is 0.153. The molecule has 2 aromatic carbocycles. The van der Waals surface area contributed by atoms with Crippen molar-refractivity contribution in [3.05, 3.63) is 101 Å². The molecule has 0 bridgehead atoms. The third kappa shape index (κ3) is 5.59. The second-order valence-electron chi connectivity index (χ2n) is 8.68. The highest BCUT2D eigenvalue weighted by atomic mass is 16.2. The Hall–Kier alpha value is -2.98. The molecule has 1 saturated heterocycles. The lowest BCUT2D eigenvalue weighted by molar-refractivity contribution is 0.0576. The third-order valence-electron chi connectivity index (χ3n) is 6.10. The van der Waals surface area contributed by atoms with Crippen molar-refractivity contribution in [2.75, 3.05) is 6.54 Å². The van der Waals surface area contributed by atoms with Crippen molar-refractivity contribution < 1.29 is 4.79 Å². The van der Waals surface area contributed by atoms with Gasteiger partial charge in [0.1, 0.15) is 0 Å². The maximum absolute atomic E-state index is 13.5. The summed E-state index contributed by atoms with van der Waals surface area (Å²) in [6, 6.07) is 21.3. The summed E-state index contributed by atoms with van der Waals surface area (Å²) in [5, 5.41) is 3.71. The number of aryl methyl sites for hydroxylation is 2. The number of piperidine rings is 1. The predicted molar refractivity (Wildman–Crippen MR) is 125 cm³/mol. The standard InChI is InChI=1S/C27H31N3O/c1-20-14-21(2)16-24(15-20)27(31)30-13-10-25(29-19-23-8-11-28-12-9-23)18-26(30)17-22-6-4-3-5-7-22/h3-9,11-12,14-16,25-26,29H,10,13,17-19H2,1-2H3/t25-,26+/m0/s1. The molecular formula is C27H31N3O. The Bertz CT molecular complexity index is 983. The van der Waals surface area contributed by atoms with Gasteiger partial charge in [0.15, 0.2) is 0 Å². The highest BCUT2D eigenvalue weighted by Crippen LogP contribution is 2.24. The lowest BCUT2D eigenvalue weighted by Crippen LogP contribution is -2.51. The minimum Gasteiger partial charge on any atom is -0.335 e. The molecule has 3 aromatic rings. The van der Waals surface area contributed by atoms with Crippen LogP contribution in [0.5, 0.6) is 0 Å². The Balaban J connectivity index is 1.50. The van der Waals surface area contributed by atoms with E-state index in [0.717, 1.165) is 49.0 Å². The van der Waals surface area contributed by atoms with Gasteiger partial charge in [-0.25, -0.2) is 0 Å². The lowest BCUT2D eigenvalue weighted by Gasteiger charge is -2.40. The second-order valence-corrected chi connectivity index (χ2v) is 8.68. The molecule has 1 amide bonds. The van der Waals surface area contributed by atoms with E-state index in [4.69, 9.17) is 0 Å². The third-order valence-corrected chi connectivity index (χ3v) is 6.10. The first-order valence-electron chi connectivity index (χ1n) is 11.1. The predicted octanol–water partition coefficient (Wildman–Crippen LogP) is 4.70. The molecule has 4 rings (SSSR count). The summed E-state index contributed by atoms with van der Waals surface area (Å²) < 4.78 is 0. The zero-order valence-corrected chi connectivity index (χ0v) is 18.4. The smallest absolute Gasteiger partial charge is 0.254 e. The van der Waals surface area contributed by atoms with Gasteiger partial charge in [-0.1, -0.05) is 47.5 Å². The SMILES string of the molecule is Cc1cc(C)cc(C(=O)N2CC[C@H](NCc3ccncc3)C[C@H]2Cc2ccccc2)c1. The van der Waals surface area contributed by atoms with Crippen molar-refractivity contribution >= 4 is 5.91 Å². The van der Waals surface area contributed by atoms with Crippen LogP contribution in [0.1, 0.15) is 45.5 Å². The monoisotopic (exact) mass is 413 g/mol. The fraction of sp³-hybridized carbons (Fsp3) is 0.333. The van der Waals surface area contributed by atoms with Gasteiger partial charge < -0.3 is 10.2 Å². The highest BCUT2D eigenvalue weighted by molar-refractivity contribution is 5.95. The van der Waals surface area contributed by atoms with E-state index in [1.54, 1.807) is 0 Å². The second kappa shape index (κ2) is 9.88. The van der Waals surface area contributed by atoms with E-state index in [1.807, 2.05) is 42.7 Å². The number of benzene rings is 2. The highest BCUT2D eigenvalue weighted by Gasteiger charge is 2.32. The first kappa shape index (κ1) is 21.3. The van der Waals surface area contributed by atoms with E-state index >= 15 is 0 Å². The van der Waals surface area contributed by atoms with Crippen LogP contribution in [0.2, 0.25) is 0 Å². The summed E-state index contributed by atoms with van der Waals surface area (Å²) in [6.45, 7) is 5.72. The number of carbonyl (C=O) groups is 1. The topological polar surface area (TPSA) is 45.2 Å². The number of pyridine rings is 1. The Morgan fingerprint density at radius 1 is 1.00 bits per heavy atom. The Kier molecular flexibility index (Phi) is 6.78. The van der Waals surface area contributed by atoms with Gasteiger partial charge in [-0.2, -0.15) is 0 Å². The number of aromatic nitrogens is 1. The molecule has 1 aliphatic heterocycles. The summed E-state index contributed by atoms with van der Waals surface area (Å²) in [5.41, 5.74) is 5.59. The molecule has 2 heterocycles. The average Bonchev–Trinajstić information content (AvgIpc) is 2.78. The lowest BCUT2D eigenvalue weighted by atomic mass is 9.91. The van der Waals surface area contributed by atoms with Crippen LogP contribution in [-0.4, -0.2) is 34.4 Å². The van der Waals surface area contributed by atoms with Crippen molar-refractivity contribution in [3.8, 4) is 0 Å². The summed E-state index contributed by atoms with van der Waals surface area (Å²) >= 11 is 0. The Labute approximate surface area is 185 Å². The number of carbonyl (C=O) groups excluding carboxylic acids is 1. The van der Waals surface area contributed by atoms with Crippen molar-refractivity contribution in [2.24, 2.45) is 0 Å². The van der Waals surface area contributed by atoms with Crippen LogP contribution in [0.15, 0.2) is 73.1 Å². The van der Waals surface area contributed by atoms with E-state index in [-0.39, 0.29) is 11.9 Å². The van der Waals surface area contributed by atoms with Gasteiger partial charge in [0.2, 0.25) is 0 Å². The van der Waals surface area contributed by atoms with Crippen molar-refractivity contribution in [2.45, 2.75) is 51.7 Å². The number of rotatable bonds is 6. The molecule has 1 aliphatic rings. The van der Waals surface area contributed by atoms with Crippen LogP contribution < -0.4 is 5.32 Å². The molecule has 31 heavy (non-hydrogen) atoms. The molecule has 4 heteroatoms. The first-order valence-corrected chi connectivity index (χ1v) is 11.1. The van der Waals surface area contributed by atoms with Gasteiger partial charge in [0, 0.05) is 43.1 Å². The number of amides is 1. The average molecular weight is 414 g/mol. The molecule has 0 aliphatic carbocycles. The molecule has 1 N–H and O–H groups in total. The van der Waals surface area contributed by atoms with E-state index in [2.05, 4.69) is 59.4 Å². The van der Waals surface area contributed by atoms with Crippen molar-refractivity contribution in [3.63, 3.8) is 0 Å². The molecule has 0 radical (unpaired) electrons. The fourth-order valence-electron chi connectivity index (χ4n) is 4.61. The summed E-state index contributed by atoms with van der Waals surface area (Å²) in [5.74, 6) is 0.153. The van der Waals surface area contributed by atoms with Gasteiger partial charge in [0.05, 0.1) is 0 Å². The van der Waals surface area contributed by atoms with Crippen LogP contribution >= 0.6 is 0 Å². The molecule has 0 spiro atoms. The Morgan fingerprint density at radius 2 is 1.71 bits per heavy atom. The number of nitrogens with one attached hydrogen (secondary N) is 1. The number of hydrogen-bond acceptors (Lipinski definition) is 3. The van der Waals surface area contributed by atoms with Gasteiger partial charge in [0.25, 0.3) is 5.91 Å². The number of nitrogens with zero attached hydrogens (tertiary/aromatic N) is 2. The van der Waals surface area contributed by atoms with E-state index in [0.29, 0.717) is 6.04 Å². The van der Waals surface area contributed by atoms with Crippen molar-refractivity contribution in [1.82, 2.24) is 15.2 Å². The van der Waals surface area contributed by atoms with E-state index in [1.165, 1.54) is 11.1 Å².